The quantitative estimate of drug-likeness (QED) is 0.347. The summed E-state index contributed by atoms with van der Waals surface area (Å²) in [6, 6.07) is 14.2. The second-order valence-electron chi connectivity index (χ2n) is 7.51. The summed E-state index contributed by atoms with van der Waals surface area (Å²) in [5.74, 6) is 0. The van der Waals surface area contributed by atoms with Gasteiger partial charge in [-0.25, -0.2) is 0 Å². The van der Waals surface area contributed by atoms with Gasteiger partial charge in [-0.2, -0.15) is 10.2 Å². The van der Waals surface area contributed by atoms with Crippen LogP contribution in [0.4, 0.5) is 5.69 Å². The number of nitro groups is 1. The molecule has 0 radical (unpaired) electrons. The molecule has 1 aliphatic carbocycles. The summed E-state index contributed by atoms with van der Waals surface area (Å²) in [4.78, 5) is 13.1. The predicted octanol–water partition coefficient (Wildman–Crippen LogP) is 5.12. The third kappa shape index (κ3) is 5.30. The van der Waals surface area contributed by atoms with Crippen LogP contribution >= 0.6 is 11.6 Å². The van der Waals surface area contributed by atoms with Crippen LogP contribution in [0.5, 0.6) is 0 Å². The maximum atomic E-state index is 11.1. The lowest BCUT2D eigenvalue weighted by Crippen LogP contribution is -2.36. The molecule has 0 amide bonds. The predicted molar refractivity (Wildman–Crippen MR) is 127 cm³/mol. The molecule has 0 N–H and O–H groups in total. The van der Waals surface area contributed by atoms with Crippen LogP contribution in [0.25, 0.3) is 6.08 Å². The first-order valence-corrected chi connectivity index (χ1v) is 10.8. The smallest absolute Gasteiger partial charge is 0.270 e. The number of hydrogen-bond donors (Lipinski definition) is 0. The van der Waals surface area contributed by atoms with Gasteiger partial charge >= 0.3 is 0 Å². The third-order valence-electron chi connectivity index (χ3n) is 5.40. The molecule has 1 saturated heterocycles. The highest BCUT2D eigenvalue weighted by Crippen LogP contribution is 2.35. The van der Waals surface area contributed by atoms with Crippen molar-refractivity contribution in [1.82, 2.24) is 4.90 Å². The molecule has 0 bridgehead atoms. The SMILES string of the molecule is O=[N+]([O-])c1cccc(/C=C2\CCC(/C=N/N=C/c3ccccc3Cl)=C2N2CCOCC2)c1. The van der Waals surface area contributed by atoms with Crippen molar-refractivity contribution in [3.05, 3.63) is 91.6 Å². The van der Waals surface area contributed by atoms with E-state index < -0.39 is 0 Å². The summed E-state index contributed by atoms with van der Waals surface area (Å²) in [6.45, 7) is 2.93. The van der Waals surface area contributed by atoms with Gasteiger partial charge in [-0.05, 0) is 41.7 Å². The standard InChI is InChI=1S/C24H23ClN4O3/c25-23-7-2-1-5-20(23)16-26-27-17-21-9-8-19(24(21)28-10-12-32-13-11-28)14-18-4-3-6-22(15-18)29(30)31/h1-7,14-17H,8-13H2/b19-14+,26-16+,27-17+. The van der Waals surface area contributed by atoms with Gasteiger partial charge in [0.15, 0.2) is 0 Å². The molecular weight excluding hydrogens is 428 g/mol. The number of rotatable bonds is 6. The van der Waals surface area contributed by atoms with Crippen LogP contribution in [-0.2, 0) is 4.74 Å². The first-order valence-electron chi connectivity index (χ1n) is 10.4. The normalized spacial score (nSPS) is 18.4. The van der Waals surface area contributed by atoms with Crippen molar-refractivity contribution < 1.29 is 9.66 Å². The Morgan fingerprint density at radius 1 is 1.03 bits per heavy atom. The molecule has 1 aliphatic heterocycles. The molecule has 32 heavy (non-hydrogen) atoms. The molecule has 7 nitrogen and oxygen atoms in total. The van der Waals surface area contributed by atoms with Crippen molar-refractivity contribution in [3.8, 4) is 0 Å². The van der Waals surface area contributed by atoms with Gasteiger partial charge < -0.3 is 9.64 Å². The summed E-state index contributed by atoms with van der Waals surface area (Å²) >= 11 is 6.16. The maximum absolute atomic E-state index is 11.1. The Balaban J connectivity index is 1.62. The fraction of sp³-hybridized carbons (Fsp3) is 0.250. The Morgan fingerprint density at radius 2 is 1.81 bits per heavy atom. The monoisotopic (exact) mass is 450 g/mol. The van der Waals surface area contributed by atoms with Gasteiger partial charge in [-0.15, -0.1) is 0 Å². The third-order valence-corrected chi connectivity index (χ3v) is 5.75. The molecule has 1 heterocycles. The molecular formula is C24H23ClN4O3. The van der Waals surface area contributed by atoms with Crippen molar-refractivity contribution in [2.24, 2.45) is 10.2 Å². The lowest BCUT2D eigenvalue weighted by molar-refractivity contribution is -0.384. The molecule has 2 aliphatic rings. The minimum absolute atomic E-state index is 0.0879. The summed E-state index contributed by atoms with van der Waals surface area (Å²) in [5.41, 5.74) is 5.08. The summed E-state index contributed by atoms with van der Waals surface area (Å²) in [6.07, 6.45) is 7.14. The van der Waals surface area contributed by atoms with Gasteiger partial charge in [-0.3, -0.25) is 10.1 Å². The van der Waals surface area contributed by atoms with Gasteiger partial charge in [-0.1, -0.05) is 41.9 Å². The van der Waals surface area contributed by atoms with Crippen molar-refractivity contribution in [2.45, 2.75) is 12.8 Å². The van der Waals surface area contributed by atoms with Crippen LogP contribution in [0, 0.1) is 10.1 Å². The molecule has 0 spiro atoms. The van der Waals surface area contributed by atoms with Crippen LogP contribution in [0.15, 0.2) is 75.6 Å². The molecule has 8 heteroatoms. The number of halogens is 1. The van der Waals surface area contributed by atoms with Gasteiger partial charge in [0.2, 0.25) is 0 Å². The van der Waals surface area contributed by atoms with E-state index in [4.69, 9.17) is 16.3 Å². The summed E-state index contributed by atoms with van der Waals surface area (Å²) < 4.78 is 5.52. The number of nitro benzene ring substituents is 1. The summed E-state index contributed by atoms with van der Waals surface area (Å²) in [7, 11) is 0. The van der Waals surface area contributed by atoms with Gasteiger partial charge in [0.05, 0.1) is 30.6 Å². The Bertz CT molecular complexity index is 1120. The first-order chi connectivity index (χ1) is 15.6. The van der Waals surface area contributed by atoms with Crippen LogP contribution in [0.1, 0.15) is 24.0 Å². The van der Waals surface area contributed by atoms with E-state index >= 15 is 0 Å². The molecule has 2 aromatic carbocycles. The number of hydrogen-bond acceptors (Lipinski definition) is 6. The highest BCUT2D eigenvalue weighted by molar-refractivity contribution is 6.33. The fourth-order valence-corrected chi connectivity index (χ4v) is 4.06. The second-order valence-corrected chi connectivity index (χ2v) is 7.91. The zero-order chi connectivity index (χ0) is 22.3. The second kappa shape index (κ2) is 10.3. The van der Waals surface area contributed by atoms with Gasteiger partial charge in [0.1, 0.15) is 0 Å². The van der Waals surface area contributed by atoms with E-state index in [1.807, 2.05) is 36.4 Å². The van der Waals surface area contributed by atoms with Crippen molar-refractivity contribution in [1.29, 1.82) is 0 Å². The largest absolute Gasteiger partial charge is 0.378 e. The van der Waals surface area contributed by atoms with E-state index in [0.29, 0.717) is 18.2 Å². The Hall–Kier alpha value is -3.29. The number of morpholine rings is 1. The van der Waals surface area contributed by atoms with E-state index in [9.17, 15) is 10.1 Å². The van der Waals surface area contributed by atoms with Crippen molar-refractivity contribution >= 4 is 35.8 Å². The number of nitrogens with zero attached hydrogens (tertiary/aromatic N) is 4. The average Bonchev–Trinajstić information content (AvgIpc) is 3.20. The van der Waals surface area contributed by atoms with Crippen LogP contribution in [0.2, 0.25) is 5.02 Å². The van der Waals surface area contributed by atoms with Crippen molar-refractivity contribution in [3.63, 3.8) is 0 Å². The Morgan fingerprint density at radius 3 is 2.59 bits per heavy atom. The summed E-state index contributed by atoms with van der Waals surface area (Å²) in [5, 5.41) is 20.2. The molecule has 0 atom stereocenters. The minimum Gasteiger partial charge on any atom is -0.378 e. The number of ether oxygens (including phenoxy) is 1. The Labute approximate surface area is 191 Å². The lowest BCUT2D eigenvalue weighted by atomic mass is 10.1. The van der Waals surface area contributed by atoms with E-state index in [-0.39, 0.29) is 10.6 Å². The first kappa shape index (κ1) is 21.9. The number of allylic oxidation sites excluding steroid dienone is 2. The zero-order valence-corrected chi connectivity index (χ0v) is 18.2. The molecule has 0 unspecified atom stereocenters. The molecule has 1 fully saturated rings. The van der Waals surface area contributed by atoms with E-state index in [1.165, 1.54) is 6.07 Å². The molecule has 4 rings (SSSR count). The van der Waals surface area contributed by atoms with Crippen molar-refractivity contribution in [2.75, 3.05) is 26.3 Å². The lowest BCUT2D eigenvalue weighted by Gasteiger charge is -2.31. The van der Waals surface area contributed by atoms with Crippen LogP contribution in [0.3, 0.4) is 0 Å². The van der Waals surface area contributed by atoms with E-state index in [2.05, 4.69) is 15.1 Å². The minimum atomic E-state index is -0.371. The highest BCUT2D eigenvalue weighted by Gasteiger charge is 2.25. The average molecular weight is 451 g/mol. The van der Waals surface area contributed by atoms with Gasteiger partial charge in [0, 0.05) is 41.5 Å². The Kier molecular flexibility index (Phi) is 7.09. The fourth-order valence-electron chi connectivity index (χ4n) is 3.88. The molecule has 2 aromatic rings. The molecule has 0 aromatic heterocycles. The van der Waals surface area contributed by atoms with E-state index in [0.717, 1.165) is 53.9 Å². The van der Waals surface area contributed by atoms with Crippen LogP contribution in [-0.4, -0.2) is 48.6 Å². The highest BCUT2D eigenvalue weighted by atomic mass is 35.5. The maximum Gasteiger partial charge on any atom is 0.270 e. The topological polar surface area (TPSA) is 80.3 Å². The molecule has 0 saturated carbocycles. The number of non-ortho nitro benzene ring substituents is 1. The number of benzene rings is 2. The van der Waals surface area contributed by atoms with Crippen LogP contribution < -0.4 is 0 Å². The molecule has 164 valence electrons. The van der Waals surface area contributed by atoms with E-state index in [1.54, 1.807) is 24.6 Å². The zero-order valence-electron chi connectivity index (χ0n) is 17.5. The van der Waals surface area contributed by atoms with Gasteiger partial charge in [0.25, 0.3) is 5.69 Å².